The average Bonchev–Trinajstić information content (AvgIpc) is 3.11. The van der Waals surface area contributed by atoms with Gasteiger partial charge in [0.15, 0.2) is 11.5 Å². The van der Waals surface area contributed by atoms with Crippen LogP contribution in [0.2, 0.25) is 0 Å². The van der Waals surface area contributed by atoms with Gasteiger partial charge in [0.25, 0.3) is 5.56 Å². The van der Waals surface area contributed by atoms with Crippen LogP contribution in [0.5, 0.6) is 0 Å². The zero-order valence-corrected chi connectivity index (χ0v) is 21.3. The Kier molecular flexibility index (Phi) is 5.51. The Morgan fingerprint density at radius 1 is 1.00 bits per heavy atom. The van der Waals surface area contributed by atoms with E-state index in [-0.39, 0.29) is 11.0 Å². The topological polar surface area (TPSA) is 89.7 Å². The first-order valence-electron chi connectivity index (χ1n) is 12.1. The molecule has 1 aliphatic rings. The van der Waals surface area contributed by atoms with Crippen LogP contribution < -0.4 is 16.2 Å². The van der Waals surface area contributed by atoms with E-state index < -0.39 is 5.54 Å². The highest BCUT2D eigenvalue weighted by atomic mass is 16.1. The number of pyridine rings is 1. The summed E-state index contributed by atoms with van der Waals surface area (Å²) < 4.78 is 3.55. The number of aromatic nitrogens is 5. The van der Waals surface area contributed by atoms with E-state index in [1.54, 1.807) is 10.9 Å². The molecule has 1 aromatic carbocycles. The highest BCUT2D eigenvalue weighted by Crippen LogP contribution is 2.26. The summed E-state index contributed by atoms with van der Waals surface area (Å²) in [6, 6.07) is 12.3. The van der Waals surface area contributed by atoms with Crippen LogP contribution in [-0.2, 0) is 23.9 Å². The fourth-order valence-electron chi connectivity index (χ4n) is 4.51. The molecule has 35 heavy (non-hydrogen) atoms. The van der Waals surface area contributed by atoms with Gasteiger partial charge < -0.3 is 10.6 Å². The van der Waals surface area contributed by atoms with Crippen molar-refractivity contribution in [3.8, 4) is 5.82 Å². The van der Waals surface area contributed by atoms with Gasteiger partial charge in [0.1, 0.15) is 5.39 Å². The molecule has 0 fully saturated rings. The fourth-order valence-corrected chi connectivity index (χ4v) is 4.51. The standard InChI is InChI=1S/C27H33N7O/c1-26(2,3)21-8-7-9-22(31-21)33-23-20(24(35)34(33)27(4,5)6)16-29-25(32-23)30-19-11-10-17-12-13-28-15-18(17)14-19/h7-11,14,16,28H,12-13,15H2,1-6H3,(H,29,30,32). The number of hydrogen-bond donors (Lipinski definition) is 2. The van der Waals surface area contributed by atoms with E-state index in [2.05, 4.69) is 54.6 Å². The predicted molar refractivity (Wildman–Crippen MR) is 140 cm³/mol. The second-order valence-electron chi connectivity index (χ2n) is 11.2. The summed E-state index contributed by atoms with van der Waals surface area (Å²) in [7, 11) is 0. The average molecular weight is 472 g/mol. The molecule has 8 nitrogen and oxygen atoms in total. The Bertz CT molecular complexity index is 1470. The van der Waals surface area contributed by atoms with Gasteiger partial charge in [-0.05, 0) is 69.1 Å². The van der Waals surface area contributed by atoms with Crippen molar-refractivity contribution < 1.29 is 0 Å². The molecule has 0 unspecified atom stereocenters. The number of nitrogens with one attached hydrogen (secondary N) is 2. The van der Waals surface area contributed by atoms with Crippen molar-refractivity contribution in [2.75, 3.05) is 11.9 Å². The first-order valence-corrected chi connectivity index (χ1v) is 12.1. The maximum atomic E-state index is 13.5. The van der Waals surface area contributed by atoms with Gasteiger partial charge in [-0.3, -0.25) is 4.79 Å². The van der Waals surface area contributed by atoms with Crippen LogP contribution >= 0.6 is 0 Å². The maximum absolute atomic E-state index is 13.5. The zero-order valence-electron chi connectivity index (χ0n) is 21.3. The monoisotopic (exact) mass is 471 g/mol. The minimum Gasteiger partial charge on any atom is -0.324 e. The first kappa shape index (κ1) is 23.2. The lowest BCUT2D eigenvalue weighted by atomic mass is 9.92. The quantitative estimate of drug-likeness (QED) is 0.460. The van der Waals surface area contributed by atoms with Crippen molar-refractivity contribution >= 4 is 22.7 Å². The molecule has 5 rings (SSSR count). The molecule has 0 radical (unpaired) electrons. The minimum absolute atomic E-state index is 0.130. The second-order valence-corrected chi connectivity index (χ2v) is 11.2. The molecule has 8 heteroatoms. The lowest BCUT2D eigenvalue weighted by Crippen LogP contribution is -2.36. The summed E-state index contributed by atoms with van der Waals surface area (Å²) in [6.07, 6.45) is 2.64. The van der Waals surface area contributed by atoms with Gasteiger partial charge >= 0.3 is 0 Å². The Balaban J connectivity index is 1.66. The normalized spacial score (nSPS) is 14.2. The number of benzene rings is 1. The highest BCUT2D eigenvalue weighted by Gasteiger charge is 2.27. The summed E-state index contributed by atoms with van der Waals surface area (Å²) in [6.45, 7) is 14.3. The molecular weight excluding hydrogens is 438 g/mol. The number of fused-ring (bicyclic) bond motifs is 2. The molecule has 4 heterocycles. The van der Waals surface area contributed by atoms with Crippen molar-refractivity contribution in [2.45, 2.75) is 65.5 Å². The molecular formula is C27H33N7O. The van der Waals surface area contributed by atoms with Gasteiger partial charge in [-0.2, -0.15) is 4.98 Å². The number of rotatable bonds is 3. The number of hydrogen-bond acceptors (Lipinski definition) is 6. The summed E-state index contributed by atoms with van der Waals surface area (Å²) in [5, 5.41) is 7.21. The van der Waals surface area contributed by atoms with Crippen LogP contribution in [0.4, 0.5) is 11.6 Å². The van der Waals surface area contributed by atoms with Gasteiger partial charge in [-0.15, -0.1) is 0 Å². The van der Waals surface area contributed by atoms with Gasteiger partial charge in [0.05, 0.1) is 5.54 Å². The molecule has 3 aromatic heterocycles. The van der Waals surface area contributed by atoms with Crippen LogP contribution in [0.1, 0.15) is 58.4 Å². The molecule has 182 valence electrons. The van der Waals surface area contributed by atoms with E-state index in [9.17, 15) is 4.79 Å². The first-order chi connectivity index (χ1) is 16.5. The molecule has 0 atom stereocenters. The summed E-state index contributed by atoms with van der Waals surface area (Å²) >= 11 is 0. The molecule has 0 saturated heterocycles. The van der Waals surface area contributed by atoms with Gasteiger partial charge in [-0.25, -0.2) is 19.3 Å². The van der Waals surface area contributed by atoms with Gasteiger partial charge in [0, 0.05) is 29.5 Å². The van der Waals surface area contributed by atoms with Crippen LogP contribution in [0.15, 0.2) is 47.4 Å². The van der Waals surface area contributed by atoms with Crippen molar-refractivity contribution in [1.29, 1.82) is 0 Å². The van der Waals surface area contributed by atoms with Crippen molar-refractivity contribution in [3.05, 3.63) is 69.8 Å². The maximum Gasteiger partial charge on any atom is 0.278 e. The van der Waals surface area contributed by atoms with Crippen molar-refractivity contribution in [2.24, 2.45) is 0 Å². The smallest absolute Gasteiger partial charge is 0.278 e. The summed E-state index contributed by atoms with van der Waals surface area (Å²) in [5.74, 6) is 1.09. The van der Waals surface area contributed by atoms with E-state index in [1.807, 2.05) is 43.7 Å². The van der Waals surface area contributed by atoms with E-state index in [0.717, 1.165) is 30.9 Å². The molecule has 0 bridgehead atoms. The third-order valence-electron chi connectivity index (χ3n) is 6.30. The van der Waals surface area contributed by atoms with Crippen molar-refractivity contribution in [3.63, 3.8) is 0 Å². The summed E-state index contributed by atoms with van der Waals surface area (Å²) in [5.41, 5.74) is 4.28. The number of nitrogens with zero attached hydrogens (tertiary/aromatic N) is 5. The highest BCUT2D eigenvalue weighted by molar-refractivity contribution is 5.77. The van der Waals surface area contributed by atoms with Gasteiger partial charge in [0.2, 0.25) is 5.95 Å². The molecule has 0 aliphatic carbocycles. The van der Waals surface area contributed by atoms with E-state index >= 15 is 0 Å². The Labute approximate surface area is 205 Å². The van der Waals surface area contributed by atoms with Crippen LogP contribution in [0.3, 0.4) is 0 Å². The molecule has 4 aromatic rings. The van der Waals surface area contributed by atoms with Crippen molar-refractivity contribution in [1.82, 2.24) is 29.6 Å². The number of anilines is 2. The van der Waals surface area contributed by atoms with Crippen LogP contribution in [0, 0.1) is 0 Å². The third-order valence-corrected chi connectivity index (χ3v) is 6.30. The molecule has 2 N–H and O–H groups in total. The fraction of sp³-hybridized carbons (Fsp3) is 0.407. The van der Waals surface area contributed by atoms with Crippen LogP contribution in [0.25, 0.3) is 16.9 Å². The van der Waals surface area contributed by atoms with E-state index in [1.165, 1.54) is 11.1 Å². The third kappa shape index (κ3) is 4.34. The summed E-state index contributed by atoms with van der Waals surface area (Å²) in [4.78, 5) is 27.7. The Hall–Kier alpha value is -3.52. The van der Waals surface area contributed by atoms with Gasteiger partial charge in [-0.1, -0.05) is 32.9 Å². The lowest BCUT2D eigenvalue weighted by Gasteiger charge is -2.25. The molecule has 1 aliphatic heterocycles. The lowest BCUT2D eigenvalue weighted by molar-refractivity contribution is 0.320. The molecule has 0 saturated carbocycles. The Morgan fingerprint density at radius 3 is 2.54 bits per heavy atom. The Morgan fingerprint density at radius 2 is 1.80 bits per heavy atom. The molecule has 0 spiro atoms. The SMILES string of the molecule is CC(C)(C)c1cccc(-n2c3nc(Nc4ccc5c(c4)CNCC5)ncc3c(=O)n2C(C)(C)C)n1. The van der Waals surface area contributed by atoms with E-state index in [0.29, 0.717) is 22.8 Å². The second kappa shape index (κ2) is 8.30. The molecule has 0 amide bonds. The van der Waals surface area contributed by atoms with Crippen LogP contribution in [-0.4, -0.2) is 30.9 Å². The van der Waals surface area contributed by atoms with E-state index in [4.69, 9.17) is 9.97 Å². The minimum atomic E-state index is -0.490. The zero-order chi connectivity index (χ0) is 25.0. The predicted octanol–water partition coefficient (Wildman–Crippen LogP) is 4.42. The largest absolute Gasteiger partial charge is 0.324 e.